The van der Waals surface area contributed by atoms with Crippen molar-refractivity contribution < 1.29 is 14.4 Å². The van der Waals surface area contributed by atoms with Gasteiger partial charge in [-0.15, -0.1) is 0 Å². The van der Waals surface area contributed by atoms with Gasteiger partial charge in [0.25, 0.3) is 0 Å². The number of aromatic amines is 1. The Labute approximate surface area is 243 Å². The molecule has 3 aromatic rings. The molecule has 2 heterocycles. The topological polar surface area (TPSA) is 124 Å². The summed E-state index contributed by atoms with van der Waals surface area (Å²) in [6.45, 7) is 8.08. The third-order valence-electron chi connectivity index (χ3n) is 7.51. The Morgan fingerprint density at radius 1 is 1.02 bits per heavy atom. The summed E-state index contributed by atoms with van der Waals surface area (Å²) < 4.78 is 0. The average molecular weight is 563 g/mol. The zero-order valence-electron chi connectivity index (χ0n) is 25.3. The SMILES string of the molecule is CC.CN(C)NC(=O)C1(Cc2ccccc2)CCN(C(=O)[C@@H](Cc2c[nH]c3ccccc23)NC(=O)C(C)(C)N)CC1. The molecular weight excluding hydrogens is 516 g/mol. The minimum absolute atomic E-state index is 0.0445. The van der Waals surface area contributed by atoms with E-state index < -0.39 is 17.0 Å². The highest BCUT2D eigenvalue weighted by Crippen LogP contribution is 2.36. The van der Waals surface area contributed by atoms with E-state index in [-0.39, 0.29) is 17.7 Å². The van der Waals surface area contributed by atoms with Crippen LogP contribution in [0.1, 0.15) is 51.7 Å². The van der Waals surface area contributed by atoms with Gasteiger partial charge in [-0.25, -0.2) is 5.01 Å². The molecule has 0 spiro atoms. The summed E-state index contributed by atoms with van der Waals surface area (Å²) in [5.41, 5.74) is 10.2. The van der Waals surface area contributed by atoms with Crippen LogP contribution in [0.3, 0.4) is 0 Å². The number of hydrogen-bond donors (Lipinski definition) is 4. The Hall–Kier alpha value is -3.69. The Kier molecular flexibility index (Phi) is 10.7. The van der Waals surface area contributed by atoms with Crippen LogP contribution in [-0.4, -0.2) is 71.4 Å². The van der Waals surface area contributed by atoms with E-state index in [9.17, 15) is 14.4 Å². The van der Waals surface area contributed by atoms with Gasteiger partial charge < -0.3 is 20.9 Å². The Morgan fingerprint density at radius 3 is 2.24 bits per heavy atom. The van der Waals surface area contributed by atoms with Gasteiger partial charge in [0.1, 0.15) is 6.04 Å². The zero-order valence-corrected chi connectivity index (χ0v) is 25.3. The summed E-state index contributed by atoms with van der Waals surface area (Å²) in [7, 11) is 3.59. The van der Waals surface area contributed by atoms with Gasteiger partial charge in [-0.3, -0.25) is 19.8 Å². The van der Waals surface area contributed by atoms with Gasteiger partial charge in [0, 0.05) is 50.7 Å². The van der Waals surface area contributed by atoms with Crippen LogP contribution >= 0.6 is 0 Å². The molecule has 1 atom stereocenters. The molecule has 1 aromatic heterocycles. The second-order valence-corrected chi connectivity index (χ2v) is 11.4. The molecule has 2 aromatic carbocycles. The van der Waals surface area contributed by atoms with Crippen molar-refractivity contribution in [3.63, 3.8) is 0 Å². The number of carbonyl (C=O) groups excluding carboxylic acids is 3. The number of hydrazine groups is 1. The third kappa shape index (κ3) is 7.95. The molecule has 1 fully saturated rings. The lowest BCUT2D eigenvalue weighted by atomic mass is 9.73. The van der Waals surface area contributed by atoms with Crippen molar-refractivity contribution in [2.24, 2.45) is 11.1 Å². The number of H-pyrrole nitrogens is 1. The summed E-state index contributed by atoms with van der Waals surface area (Å²) in [5.74, 6) is -0.599. The number of piperidine rings is 1. The number of nitrogens with two attached hydrogens (primary N) is 1. The second kappa shape index (κ2) is 13.8. The summed E-state index contributed by atoms with van der Waals surface area (Å²) >= 11 is 0. The van der Waals surface area contributed by atoms with Crippen molar-refractivity contribution in [2.75, 3.05) is 27.2 Å². The standard InChI is InChI=1S/C30H40N6O3.C2H6/c1-29(2,31)27(38)33-25(18-22-20-32-24-13-9-8-12-23(22)24)26(37)36-16-14-30(15-17-36,28(39)34-35(3)4)19-21-10-6-5-7-11-21;1-2/h5-13,20,25,32H,14-19,31H2,1-4H3,(H,33,38)(H,34,39);1-2H3/t25-;/m1./s1. The number of nitrogens with one attached hydrogen (secondary N) is 3. The van der Waals surface area contributed by atoms with E-state index in [1.807, 2.05) is 74.6 Å². The quantitative estimate of drug-likeness (QED) is 0.298. The molecule has 9 nitrogen and oxygen atoms in total. The molecule has 3 amide bonds. The Balaban J connectivity index is 0.00000226. The van der Waals surface area contributed by atoms with Crippen LogP contribution in [0.4, 0.5) is 0 Å². The maximum absolute atomic E-state index is 13.9. The normalized spacial score (nSPS) is 15.6. The molecule has 1 aliphatic rings. The maximum Gasteiger partial charge on any atom is 0.245 e. The van der Waals surface area contributed by atoms with Crippen LogP contribution < -0.4 is 16.5 Å². The van der Waals surface area contributed by atoms with Gasteiger partial charge in [0.05, 0.1) is 11.0 Å². The van der Waals surface area contributed by atoms with Crippen molar-refractivity contribution in [3.8, 4) is 0 Å². The lowest BCUT2D eigenvalue weighted by Gasteiger charge is -2.42. The number of aromatic nitrogens is 1. The predicted octanol–water partition coefficient (Wildman–Crippen LogP) is 3.40. The molecule has 0 saturated carbocycles. The molecule has 1 aliphatic heterocycles. The number of nitrogens with zero attached hydrogens (tertiary/aromatic N) is 2. The summed E-state index contributed by atoms with van der Waals surface area (Å²) in [6, 6.07) is 17.1. The van der Waals surface area contributed by atoms with Crippen LogP contribution in [0.15, 0.2) is 60.8 Å². The van der Waals surface area contributed by atoms with Gasteiger partial charge in [-0.1, -0.05) is 62.4 Å². The molecule has 0 unspecified atom stereocenters. The van der Waals surface area contributed by atoms with Crippen molar-refractivity contribution >= 4 is 28.6 Å². The van der Waals surface area contributed by atoms with Gasteiger partial charge >= 0.3 is 0 Å². The van der Waals surface area contributed by atoms with Gasteiger partial charge in [0.2, 0.25) is 17.7 Å². The number of fused-ring (bicyclic) bond motifs is 1. The van der Waals surface area contributed by atoms with E-state index in [1.165, 1.54) is 0 Å². The van der Waals surface area contributed by atoms with Crippen LogP contribution in [0, 0.1) is 5.41 Å². The first-order valence-electron chi connectivity index (χ1n) is 14.4. The maximum atomic E-state index is 13.9. The van der Waals surface area contributed by atoms with Crippen LogP contribution in [0.5, 0.6) is 0 Å². The monoisotopic (exact) mass is 562 g/mol. The number of amides is 3. The minimum atomic E-state index is -1.13. The predicted molar refractivity (Wildman–Crippen MR) is 164 cm³/mol. The molecule has 222 valence electrons. The van der Waals surface area contributed by atoms with Crippen molar-refractivity contribution in [2.45, 2.75) is 65.0 Å². The van der Waals surface area contributed by atoms with E-state index >= 15 is 0 Å². The number of likely N-dealkylation sites (tertiary alicyclic amines) is 1. The second-order valence-electron chi connectivity index (χ2n) is 11.4. The fourth-order valence-corrected chi connectivity index (χ4v) is 5.23. The summed E-state index contributed by atoms with van der Waals surface area (Å²) in [6.07, 6.45) is 3.84. The van der Waals surface area contributed by atoms with Crippen LogP contribution in [-0.2, 0) is 27.2 Å². The number of para-hydroxylation sites is 1. The molecule has 9 heteroatoms. The first-order chi connectivity index (χ1) is 19.5. The lowest BCUT2D eigenvalue weighted by Crippen LogP contribution is -2.59. The van der Waals surface area contributed by atoms with Crippen LogP contribution in [0.2, 0.25) is 0 Å². The lowest BCUT2D eigenvalue weighted by molar-refractivity contribution is -0.145. The number of rotatable bonds is 9. The Bertz CT molecular complexity index is 1300. The molecular formula is C32H46N6O3. The first-order valence-corrected chi connectivity index (χ1v) is 14.4. The molecule has 41 heavy (non-hydrogen) atoms. The van der Waals surface area contributed by atoms with Crippen molar-refractivity contribution in [3.05, 3.63) is 71.9 Å². The smallest absolute Gasteiger partial charge is 0.245 e. The highest BCUT2D eigenvalue weighted by Gasteiger charge is 2.43. The molecule has 0 bridgehead atoms. The first kappa shape index (κ1) is 31.8. The van der Waals surface area contributed by atoms with E-state index in [0.717, 1.165) is 22.0 Å². The largest absolute Gasteiger partial charge is 0.361 e. The van der Waals surface area contributed by atoms with Gasteiger partial charge in [-0.2, -0.15) is 0 Å². The van der Waals surface area contributed by atoms with E-state index in [0.29, 0.717) is 38.8 Å². The van der Waals surface area contributed by atoms with Crippen molar-refractivity contribution in [1.82, 2.24) is 25.6 Å². The van der Waals surface area contributed by atoms with Crippen LogP contribution in [0.25, 0.3) is 10.9 Å². The Morgan fingerprint density at radius 2 is 1.63 bits per heavy atom. The highest BCUT2D eigenvalue weighted by atomic mass is 16.2. The zero-order chi connectivity index (χ0) is 30.2. The molecule has 4 rings (SSSR count). The van der Waals surface area contributed by atoms with Gasteiger partial charge in [-0.05, 0) is 50.3 Å². The number of carbonyl (C=O) groups is 3. The highest BCUT2D eigenvalue weighted by molar-refractivity contribution is 5.93. The average Bonchev–Trinajstić information content (AvgIpc) is 3.36. The summed E-state index contributed by atoms with van der Waals surface area (Å²) in [4.78, 5) is 45.2. The van der Waals surface area contributed by atoms with E-state index in [1.54, 1.807) is 37.9 Å². The van der Waals surface area contributed by atoms with Crippen molar-refractivity contribution in [1.29, 1.82) is 0 Å². The third-order valence-corrected chi connectivity index (χ3v) is 7.51. The molecule has 0 radical (unpaired) electrons. The molecule has 5 N–H and O–H groups in total. The minimum Gasteiger partial charge on any atom is -0.361 e. The fraction of sp³-hybridized carbons (Fsp3) is 0.469. The molecule has 1 saturated heterocycles. The van der Waals surface area contributed by atoms with Gasteiger partial charge in [0.15, 0.2) is 0 Å². The van der Waals surface area contributed by atoms with E-state index in [4.69, 9.17) is 5.73 Å². The summed E-state index contributed by atoms with van der Waals surface area (Å²) in [5, 5.41) is 5.58. The fourth-order valence-electron chi connectivity index (χ4n) is 5.23. The number of hydrogen-bond acceptors (Lipinski definition) is 5. The van der Waals surface area contributed by atoms with E-state index in [2.05, 4.69) is 15.7 Å². The number of benzene rings is 2. The molecule has 0 aliphatic carbocycles.